The van der Waals surface area contributed by atoms with Crippen LogP contribution in [0.5, 0.6) is 0 Å². The highest BCUT2D eigenvalue weighted by Gasteiger charge is 2.43. The first kappa shape index (κ1) is 11.6. The van der Waals surface area contributed by atoms with E-state index < -0.39 is 24.5 Å². The Morgan fingerprint density at radius 1 is 1.28 bits per heavy atom. The van der Waals surface area contributed by atoms with Gasteiger partial charge in [0.05, 0.1) is 6.61 Å². The molecule has 3 N–H and O–H groups in total. The van der Waals surface area contributed by atoms with E-state index in [0.29, 0.717) is 5.65 Å². The summed E-state index contributed by atoms with van der Waals surface area (Å²) in [7, 11) is 0. The standard InChI is InChI=1S/C12H14N2O4/c15-6-8-9(16)10(17)12(18-8)14-5-3-7-2-1-4-13-11(7)14/h1-5,8-10,12,15-17H,6H2/t8-,9-,10?,12-/m1/s1. The van der Waals surface area contributed by atoms with E-state index in [1.54, 1.807) is 17.0 Å². The van der Waals surface area contributed by atoms with Gasteiger partial charge in [-0.2, -0.15) is 0 Å². The third-order valence-electron chi connectivity index (χ3n) is 3.27. The summed E-state index contributed by atoms with van der Waals surface area (Å²) in [5.41, 5.74) is 0.673. The van der Waals surface area contributed by atoms with E-state index >= 15 is 0 Å². The van der Waals surface area contributed by atoms with Crippen molar-refractivity contribution in [2.45, 2.75) is 24.5 Å². The minimum Gasteiger partial charge on any atom is -0.394 e. The van der Waals surface area contributed by atoms with E-state index in [-0.39, 0.29) is 6.61 Å². The summed E-state index contributed by atoms with van der Waals surface area (Å²) in [5.74, 6) is 0. The third-order valence-corrected chi connectivity index (χ3v) is 3.27. The van der Waals surface area contributed by atoms with E-state index in [9.17, 15) is 10.2 Å². The van der Waals surface area contributed by atoms with Gasteiger partial charge in [-0.15, -0.1) is 0 Å². The number of fused-ring (bicyclic) bond motifs is 1. The fraction of sp³-hybridized carbons (Fsp3) is 0.417. The van der Waals surface area contributed by atoms with Crippen LogP contribution in [-0.2, 0) is 4.74 Å². The summed E-state index contributed by atoms with van der Waals surface area (Å²) in [6.45, 7) is -0.332. The number of hydrogen-bond donors (Lipinski definition) is 3. The van der Waals surface area contributed by atoms with Crippen LogP contribution in [-0.4, -0.2) is 49.8 Å². The Morgan fingerprint density at radius 2 is 2.11 bits per heavy atom. The van der Waals surface area contributed by atoms with Gasteiger partial charge in [-0.3, -0.25) is 0 Å². The first-order valence-corrected chi connectivity index (χ1v) is 5.76. The van der Waals surface area contributed by atoms with Crippen LogP contribution in [0.15, 0.2) is 30.6 Å². The van der Waals surface area contributed by atoms with Crippen molar-refractivity contribution < 1.29 is 20.1 Å². The maximum Gasteiger partial charge on any atom is 0.164 e. The summed E-state index contributed by atoms with van der Waals surface area (Å²) in [6.07, 6.45) is -0.283. The number of pyridine rings is 1. The number of aromatic nitrogens is 2. The number of aliphatic hydroxyl groups excluding tert-OH is 3. The second kappa shape index (κ2) is 4.33. The largest absolute Gasteiger partial charge is 0.394 e. The van der Waals surface area contributed by atoms with Gasteiger partial charge in [-0.25, -0.2) is 4.98 Å². The monoisotopic (exact) mass is 250 g/mol. The molecule has 3 heterocycles. The van der Waals surface area contributed by atoms with Crippen molar-refractivity contribution in [3.63, 3.8) is 0 Å². The molecule has 96 valence electrons. The summed E-state index contributed by atoms with van der Waals surface area (Å²) >= 11 is 0. The number of hydrogen-bond acceptors (Lipinski definition) is 5. The van der Waals surface area contributed by atoms with Gasteiger partial charge in [-0.05, 0) is 18.2 Å². The normalized spacial score (nSPS) is 32.2. The summed E-state index contributed by atoms with van der Waals surface area (Å²) in [5, 5.41) is 29.7. The number of ether oxygens (including phenoxy) is 1. The molecule has 0 saturated carbocycles. The molecular weight excluding hydrogens is 236 g/mol. The fourth-order valence-corrected chi connectivity index (χ4v) is 2.30. The lowest BCUT2D eigenvalue weighted by molar-refractivity contribution is -0.0508. The van der Waals surface area contributed by atoms with E-state index in [0.717, 1.165) is 5.39 Å². The molecule has 1 fully saturated rings. The van der Waals surface area contributed by atoms with Crippen LogP contribution in [0.3, 0.4) is 0 Å². The van der Waals surface area contributed by atoms with Crippen molar-refractivity contribution >= 4 is 11.0 Å². The molecule has 6 heteroatoms. The molecular formula is C12H14N2O4. The smallest absolute Gasteiger partial charge is 0.164 e. The highest BCUT2D eigenvalue weighted by atomic mass is 16.6. The fourth-order valence-electron chi connectivity index (χ4n) is 2.30. The van der Waals surface area contributed by atoms with Crippen LogP contribution in [0.1, 0.15) is 6.23 Å². The summed E-state index contributed by atoms with van der Waals surface area (Å²) < 4.78 is 7.13. The lowest BCUT2D eigenvalue weighted by Crippen LogP contribution is -2.33. The van der Waals surface area contributed by atoms with Crippen LogP contribution >= 0.6 is 0 Å². The van der Waals surface area contributed by atoms with E-state index in [1.807, 2.05) is 18.2 Å². The highest BCUT2D eigenvalue weighted by molar-refractivity contribution is 5.75. The molecule has 1 aliphatic heterocycles. The molecule has 0 aromatic carbocycles. The second-order valence-electron chi connectivity index (χ2n) is 4.37. The molecule has 0 spiro atoms. The van der Waals surface area contributed by atoms with Gasteiger partial charge in [-0.1, -0.05) is 0 Å². The zero-order valence-corrected chi connectivity index (χ0v) is 9.55. The van der Waals surface area contributed by atoms with E-state index in [4.69, 9.17) is 9.84 Å². The number of rotatable bonds is 2. The Hall–Kier alpha value is -1.47. The lowest BCUT2D eigenvalue weighted by atomic mass is 10.1. The van der Waals surface area contributed by atoms with Gasteiger partial charge < -0.3 is 24.6 Å². The second-order valence-corrected chi connectivity index (χ2v) is 4.37. The van der Waals surface area contributed by atoms with Crippen molar-refractivity contribution in [2.75, 3.05) is 6.61 Å². The van der Waals surface area contributed by atoms with Gasteiger partial charge in [0.25, 0.3) is 0 Å². The molecule has 3 rings (SSSR count). The van der Waals surface area contributed by atoms with Crippen LogP contribution < -0.4 is 0 Å². The predicted molar refractivity (Wildman–Crippen MR) is 62.7 cm³/mol. The highest BCUT2D eigenvalue weighted by Crippen LogP contribution is 2.31. The molecule has 2 aromatic rings. The Bertz CT molecular complexity index is 556. The number of aliphatic hydroxyl groups is 3. The maximum atomic E-state index is 9.96. The zero-order valence-electron chi connectivity index (χ0n) is 9.55. The summed E-state index contributed by atoms with van der Waals surface area (Å²) in [6, 6.07) is 5.58. The van der Waals surface area contributed by atoms with Gasteiger partial charge in [0.2, 0.25) is 0 Å². The molecule has 1 aliphatic rings. The van der Waals surface area contributed by atoms with Crippen molar-refractivity contribution in [1.29, 1.82) is 0 Å². The van der Waals surface area contributed by atoms with Crippen molar-refractivity contribution in [3.8, 4) is 0 Å². The van der Waals surface area contributed by atoms with Crippen molar-refractivity contribution in [2.24, 2.45) is 0 Å². The quantitative estimate of drug-likeness (QED) is 0.678. The first-order chi connectivity index (χ1) is 8.72. The van der Waals surface area contributed by atoms with Crippen LogP contribution in [0.4, 0.5) is 0 Å². The van der Waals surface area contributed by atoms with Crippen LogP contribution in [0, 0.1) is 0 Å². The molecule has 6 nitrogen and oxygen atoms in total. The minimum absolute atomic E-state index is 0.332. The molecule has 4 atom stereocenters. The first-order valence-electron chi connectivity index (χ1n) is 5.76. The molecule has 18 heavy (non-hydrogen) atoms. The molecule has 0 bridgehead atoms. The van der Waals surface area contributed by atoms with Gasteiger partial charge in [0.1, 0.15) is 24.0 Å². The third kappa shape index (κ3) is 1.62. The van der Waals surface area contributed by atoms with Crippen LogP contribution in [0.25, 0.3) is 11.0 Å². The average molecular weight is 250 g/mol. The number of nitrogens with zero attached hydrogens (tertiary/aromatic N) is 2. The Labute approximate surface area is 103 Å². The maximum absolute atomic E-state index is 9.96. The zero-order chi connectivity index (χ0) is 12.7. The lowest BCUT2D eigenvalue weighted by Gasteiger charge is -2.17. The molecule has 1 saturated heterocycles. The van der Waals surface area contributed by atoms with Crippen molar-refractivity contribution in [1.82, 2.24) is 9.55 Å². The van der Waals surface area contributed by atoms with E-state index in [1.165, 1.54) is 0 Å². The molecule has 2 aromatic heterocycles. The molecule has 1 unspecified atom stereocenters. The van der Waals surface area contributed by atoms with Gasteiger partial charge in [0, 0.05) is 17.8 Å². The SMILES string of the molecule is OC[C@H]1O[C@@H](n2ccc3cccnc32)C(O)[C@@H]1O. The Balaban J connectivity index is 2.00. The Kier molecular flexibility index (Phi) is 2.79. The van der Waals surface area contributed by atoms with E-state index in [2.05, 4.69) is 4.98 Å². The minimum atomic E-state index is -1.10. The molecule has 0 aliphatic carbocycles. The molecule has 0 radical (unpaired) electrons. The van der Waals surface area contributed by atoms with Gasteiger partial charge >= 0.3 is 0 Å². The van der Waals surface area contributed by atoms with Gasteiger partial charge in [0.15, 0.2) is 6.23 Å². The predicted octanol–water partition coefficient (Wildman–Crippen LogP) is -0.352. The van der Waals surface area contributed by atoms with Crippen molar-refractivity contribution in [3.05, 3.63) is 30.6 Å². The average Bonchev–Trinajstić information content (AvgIpc) is 2.93. The van der Waals surface area contributed by atoms with Crippen LogP contribution in [0.2, 0.25) is 0 Å². The molecule has 0 amide bonds. The topological polar surface area (TPSA) is 87.7 Å². The summed E-state index contributed by atoms with van der Waals surface area (Å²) in [4.78, 5) is 4.22. The Morgan fingerprint density at radius 3 is 2.83 bits per heavy atom.